The molecule has 1 atom stereocenters. The molecule has 3 N–H and O–H groups in total. The fraction of sp³-hybridized carbons (Fsp3) is 0.353. The average molecular weight is 428 g/mol. The summed E-state index contributed by atoms with van der Waals surface area (Å²) in [6.45, 7) is 1.71. The second-order valence-corrected chi connectivity index (χ2v) is 6.93. The van der Waals surface area contributed by atoms with Gasteiger partial charge < -0.3 is 15.6 Å². The second kappa shape index (κ2) is 7.82. The monoisotopic (exact) mass is 427 g/mol. The third-order valence-corrected chi connectivity index (χ3v) is 4.56. The lowest BCUT2D eigenvalue weighted by Gasteiger charge is -2.28. The predicted molar refractivity (Wildman–Crippen MR) is 101 cm³/mol. The summed E-state index contributed by atoms with van der Waals surface area (Å²) >= 11 is 6.00. The zero-order chi connectivity index (χ0) is 21.2. The highest BCUT2D eigenvalue weighted by Crippen LogP contribution is 2.27. The SMILES string of the molecule is CC[C@@](C)(Nc1ncnc(-c2c[nH]c3ncc(Cl)cc23)n1)C(=O)NCC(F)(F)F. The average Bonchev–Trinajstić information content (AvgIpc) is 3.08. The summed E-state index contributed by atoms with van der Waals surface area (Å²) in [4.78, 5) is 31.9. The molecule has 3 aromatic heterocycles. The first-order valence-electron chi connectivity index (χ1n) is 8.56. The maximum absolute atomic E-state index is 12.4. The number of pyridine rings is 1. The van der Waals surface area contributed by atoms with Crippen LogP contribution in [0.1, 0.15) is 20.3 Å². The summed E-state index contributed by atoms with van der Waals surface area (Å²) in [6, 6.07) is 1.70. The number of hydrogen-bond acceptors (Lipinski definition) is 6. The molecule has 3 aromatic rings. The first kappa shape index (κ1) is 20.8. The fourth-order valence-electron chi connectivity index (χ4n) is 2.58. The van der Waals surface area contributed by atoms with Gasteiger partial charge in [0.1, 0.15) is 24.1 Å². The summed E-state index contributed by atoms with van der Waals surface area (Å²) in [5, 5.41) is 5.82. The van der Waals surface area contributed by atoms with Gasteiger partial charge in [0.05, 0.1) is 5.02 Å². The molecule has 8 nitrogen and oxygen atoms in total. The first-order valence-corrected chi connectivity index (χ1v) is 8.94. The van der Waals surface area contributed by atoms with Crippen molar-refractivity contribution in [2.75, 3.05) is 11.9 Å². The van der Waals surface area contributed by atoms with E-state index >= 15 is 0 Å². The second-order valence-electron chi connectivity index (χ2n) is 6.49. The van der Waals surface area contributed by atoms with E-state index in [0.29, 0.717) is 21.6 Å². The van der Waals surface area contributed by atoms with Crippen LogP contribution in [0.3, 0.4) is 0 Å². The van der Waals surface area contributed by atoms with Crippen LogP contribution < -0.4 is 10.6 Å². The van der Waals surface area contributed by atoms with E-state index in [2.05, 4.69) is 30.2 Å². The van der Waals surface area contributed by atoms with Crippen molar-refractivity contribution in [1.29, 1.82) is 0 Å². The van der Waals surface area contributed by atoms with E-state index in [9.17, 15) is 18.0 Å². The molecule has 0 saturated carbocycles. The molecular formula is C17H17ClF3N7O. The van der Waals surface area contributed by atoms with Crippen molar-refractivity contribution < 1.29 is 18.0 Å². The highest BCUT2D eigenvalue weighted by molar-refractivity contribution is 6.31. The molecule has 0 fully saturated rings. The van der Waals surface area contributed by atoms with Gasteiger partial charge in [-0.1, -0.05) is 18.5 Å². The molecule has 0 aromatic carbocycles. The van der Waals surface area contributed by atoms with Crippen LogP contribution >= 0.6 is 11.6 Å². The third-order valence-electron chi connectivity index (χ3n) is 4.36. The molecule has 0 radical (unpaired) electrons. The molecule has 3 heterocycles. The van der Waals surface area contributed by atoms with Crippen LogP contribution in [-0.2, 0) is 4.79 Å². The van der Waals surface area contributed by atoms with Crippen molar-refractivity contribution in [2.45, 2.75) is 32.0 Å². The number of hydrogen-bond donors (Lipinski definition) is 3. The Morgan fingerprint density at radius 3 is 2.72 bits per heavy atom. The van der Waals surface area contributed by atoms with Crippen LogP contribution in [0.2, 0.25) is 5.02 Å². The van der Waals surface area contributed by atoms with Crippen LogP contribution in [0.15, 0.2) is 24.8 Å². The zero-order valence-corrected chi connectivity index (χ0v) is 16.2. The number of H-pyrrole nitrogens is 1. The van der Waals surface area contributed by atoms with Crippen LogP contribution in [0.25, 0.3) is 22.4 Å². The standard InChI is InChI=1S/C17H17ClF3N7O/c1-3-16(2,14(29)24-7-17(19,20)21)28-15-26-8-25-13(27-15)11-6-23-12-10(11)4-9(18)5-22-12/h4-6,8H,3,7H2,1-2H3,(H,22,23)(H,24,29)(H,25,26,27,28)/t16-/m1/s1. The molecule has 0 aliphatic heterocycles. The largest absolute Gasteiger partial charge is 0.405 e. The molecule has 3 rings (SSSR count). The van der Waals surface area contributed by atoms with Gasteiger partial charge in [0.15, 0.2) is 5.82 Å². The number of nitrogens with one attached hydrogen (secondary N) is 3. The van der Waals surface area contributed by atoms with Crippen LogP contribution in [0.4, 0.5) is 19.1 Å². The number of anilines is 1. The van der Waals surface area contributed by atoms with Gasteiger partial charge in [-0.3, -0.25) is 4.79 Å². The number of alkyl halides is 3. The molecule has 29 heavy (non-hydrogen) atoms. The molecule has 0 spiro atoms. The van der Waals surface area contributed by atoms with Gasteiger partial charge in [-0.25, -0.2) is 15.0 Å². The fourth-order valence-corrected chi connectivity index (χ4v) is 2.74. The maximum Gasteiger partial charge on any atom is 0.405 e. The Morgan fingerprint density at radius 2 is 2.03 bits per heavy atom. The minimum absolute atomic E-state index is 0.0471. The predicted octanol–water partition coefficient (Wildman–Crippen LogP) is 3.33. The van der Waals surface area contributed by atoms with E-state index in [1.165, 1.54) is 19.4 Å². The van der Waals surface area contributed by atoms with Crippen molar-refractivity contribution in [2.24, 2.45) is 0 Å². The third kappa shape index (κ3) is 4.73. The molecule has 12 heteroatoms. The lowest BCUT2D eigenvalue weighted by Crippen LogP contribution is -2.52. The molecular weight excluding hydrogens is 411 g/mol. The number of halogens is 4. The molecule has 154 valence electrons. The van der Waals surface area contributed by atoms with Gasteiger partial charge >= 0.3 is 6.18 Å². The Hall–Kier alpha value is -2.95. The number of amides is 1. The normalized spacial score (nSPS) is 13.9. The number of nitrogens with zero attached hydrogens (tertiary/aromatic N) is 4. The van der Waals surface area contributed by atoms with Crippen molar-refractivity contribution in [3.05, 3.63) is 29.8 Å². The topological polar surface area (TPSA) is 108 Å². The minimum Gasteiger partial charge on any atom is -0.345 e. The Balaban J connectivity index is 1.86. The van der Waals surface area contributed by atoms with Gasteiger partial charge in [0.25, 0.3) is 0 Å². The molecule has 0 bridgehead atoms. The summed E-state index contributed by atoms with van der Waals surface area (Å²) in [5.74, 6) is -0.486. The minimum atomic E-state index is -4.50. The van der Waals surface area contributed by atoms with Crippen molar-refractivity contribution in [3.63, 3.8) is 0 Å². The Labute approximate surface area is 168 Å². The lowest BCUT2D eigenvalue weighted by atomic mass is 9.98. The van der Waals surface area contributed by atoms with Crippen molar-refractivity contribution in [1.82, 2.24) is 30.2 Å². The van der Waals surface area contributed by atoms with E-state index in [1.54, 1.807) is 19.2 Å². The molecule has 0 aliphatic carbocycles. The van der Waals surface area contributed by atoms with Gasteiger partial charge in [-0.15, -0.1) is 0 Å². The highest BCUT2D eigenvalue weighted by atomic mass is 35.5. The summed E-state index contributed by atoms with van der Waals surface area (Å²) in [5.41, 5.74) is -0.154. The van der Waals surface area contributed by atoms with E-state index in [4.69, 9.17) is 11.6 Å². The van der Waals surface area contributed by atoms with Crippen LogP contribution in [0.5, 0.6) is 0 Å². The van der Waals surface area contributed by atoms with Gasteiger partial charge in [-0.05, 0) is 19.4 Å². The zero-order valence-electron chi connectivity index (χ0n) is 15.4. The lowest BCUT2D eigenvalue weighted by molar-refractivity contribution is -0.140. The quantitative estimate of drug-likeness (QED) is 0.557. The number of carbonyl (C=O) groups excluding carboxylic acids is 1. The Morgan fingerprint density at radius 1 is 1.28 bits per heavy atom. The smallest absolute Gasteiger partial charge is 0.345 e. The highest BCUT2D eigenvalue weighted by Gasteiger charge is 2.35. The van der Waals surface area contributed by atoms with E-state index in [1.807, 2.05) is 5.32 Å². The molecule has 0 saturated heterocycles. The number of aromatic amines is 1. The van der Waals surface area contributed by atoms with E-state index < -0.39 is 24.2 Å². The van der Waals surface area contributed by atoms with Crippen molar-refractivity contribution in [3.8, 4) is 11.4 Å². The summed E-state index contributed by atoms with van der Waals surface area (Å²) in [7, 11) is 0. The van der Waals surface area contributed by atoms with E-state index in [0.717, 1.165) is 0 Å². The molecule has 1 amide bonds. The Kier molecular flexibility index (Phi) is 5.60. The number of fused-ring (bicyclic) bond motifs is 1. The van der Waals surface area contributed by atoms with Gasteiger partial charge in [0.2, 0.25) is 11.9 Å². The maximum atomic E-state index is 12.4. The van der Waals surface area contributed by atoms with Gasteiger partial charge in [-0.2, -0.15) is 18.2 Å². The van der Waals surface area contributed by atoms with Gasteiger partial charge in [0, 0.05) is 23.3 Å². The van der Waals surface area contributed by atoms with Crippen molar-refractivity contribution >= 4 is 34.5 Å². The number of carbonyl (C=O) groups is 1. The Bertz CT molecular complexity index is 1040. The van der Waals surface area contributed by atoms with E-state index in [-0.39, 0.29) is 18.2 Å². The number of rotatable bonds is 6. The summed E-state index contributed by atoms with van der Waals surface area (Å²) < 4.78 is 37.2. The molecule has 0 aliphatic rings. The molecule has 0 unspecified atom stereocenters. The van der Waals surface area contributed by atoms with Crippen LogP contribution in [-0.4, -0.2) is 49.1 Å². The number of aromatic nitrogens is 5. The summed E-state index contributed by atoms with van der Waals surface area (Å²) in [6.07, 6.45) is 0.0871. The van der Waals surface area contributed by atoms with Crippen LogP contribution in [0, 0.1) is 0 Å². The first-order chi connectivity index (χ1) is 13.6.